The molecule has 0 spiro atoms. The van der Waals surface area contributed by atoms with Gasteiger partial charge in [-0.05, 0) is 52.7 Å². The molecule has 1 heterocycles. The average molecular weight is 347 g/mol. The maximum atomic E-state index is 5.42. The molecule has 2 aliphatic rings. The Morgan fingerprint density at radius 1 is 1.10 bits per heavy atom. The maximum absolute atomic E-state index is 5.42. The summed E-state index contributed by atoms with van der Waals surface area (Å²) in [4.78, 5) is 8.19. The van der Waals surface area contributed by atoms with Crippen LogP contribution in [-0.2, 0) is 12.8 Å². The van der Waals surface area contributed by atoms with Gasteiger partial charge in [-0.2, -0.15) is 0 Å². The Bertz CT molecular complexity index is 708. The minimum Gasteiger partial charge on any atom is -0.346 e. The van der Waals surface area contributed by atoms with Crippen LogP contribution in [0.4, 0.5) is 0 Å². The van der Waals surface area contributed by atoms with Crippen molar-refractivity contribution in [1.29, 1.82) is 0 Å². The van der Waals surface area contributed by atoms with Crippen LogP contribution in [0.1, 0.15) is 47.3 Å². The molecule has 1 saturated carbocycles. The molecular formula is C16H15BrN2S. The highest BCUT2D eigenvalue weighted by atomic mass is 79.9. The van der Waals surface area contributed by atoms with Crippen LogP contribution in [-0.4, -0.2) is 9.97 Å². The van der Waals surface area contributed by atoms with Gasteiger partial charge in [0.25, 0.3) is 0 Å². The lowest BCUT2D eigenvalue weighted by atomic mass is 10.1. The molecule has 0 bridgehead atoms. The van der Waals surface area contributed by atoms with Gasteiger partial charge < -0.3 is 4.98 Å². The minimum absolute atomic E-state index is 0.444. The van der Waals surface area contributed by atoms with Gasteiger partial charge in [0.05, 0.1) is 4.47 Å². The lowest BCUT2D eigenvalue weighted by Gasteiger charge is -2.12. The van der Waals surface area contributed by atoms with Crippen LogP contribution in [0.25, 0.3) is 0 Å². The number of fused-ring (bicyclic) bond motifs is 1. The maximum Gasteiger partial charge on any atom is 0.144 e. The highest BCUT2D eigenvalue weighted by Gasteiger charge is 2.30. The van der Waals surface area contributed by atoms with E-state index in [4.69, 9.17) is 12.2 Å². The quantitative estimate of drug-likeness (QED) is 0.801. The number of benzene rings is 1. The molecule has 2 nitrogen and oxygen atoms in total. The molecular weight excluding hydrogens is 332 g/mol. The Hall–Kier alpha value is -1.00. The summed E-state index contributed by atoms with van der Waals surface area (Å²) in [7, 11) is 0. The van der Waals surface area contributed by atoms with Crippen molar-refractivity contribution < 1.29 is 0 Å². The SMILES string of the molecule is S=c1nc(C2Cc3ccccc3C2)[nH]c(C2CC2)c1Br. The predicted molar refractivity (Wildman–Crippen MR) is 85.7 cm³/mol. The number of nitrogens with zero attached hydrogens (tertiary/aromatic N) is 1. The summed E-state index contributed by atoms with van der Waals surface area (Å²) in [5.41, 5.74) is 4.17. The molecule has 4 heteroatoms. The summed E-state index contributed by atoms with van der Waals surface area (Å²) in [5, 5.41) is 0. The zero-order valence-electron chi connectivity index (χ0n) is 11.0. The highest BCUT2D eigenvalue weighted by molar-refractivity contribution is 9.10. The van der Waals surface area contributed by atoms with Crippen LogP contribution in [0.5, 0.6) is 0 Å². The van der Waals surface area contributed by atoms with Gasteiger partial charge in [-0.15, -0.1) is 0 Å². The number of hydrogen-bond donors (Lipinski definition) is 1. The van der Waals surface area contributed by atoms with Gasteiger partial charge in [-0.25, -0.2) is 4.98 Å². The second-order valence-electron chi connectivity index (χ2n) is 5.80. The normalized spacial score (nSPS) is 18.2. The third-order valence-corrected chi connectivity index (χ3v) is 5.69. The van der Waals surface area contributed by atoms with Gasteiger partial charge in [-0.3, -0.25) is 0 Å². The number of rotatable bonds is 2. The summed E-state index contributed by atoms with van der Waals surface area (Å²) in [5.74, 6) is 2.16. The third kappa shape index (κ3) is 2.15. The van der Waals surface area contributed by atoms with E-state index in [9.17, 15) is 0 Å². The molecule has 0 saturated heterocycles. The number of nitrogens with one attached hydrogen (secondary N) is 1. The number of H-pyrrole nitrogens is 1. The molecule has 1 aromatic carbocycles. The Kier molecular flexibility index (Phi) is 3.04. The molecule has 0 aliphatic heterocycles. The lowest BCUT2D eigenvalue weighted by Crippen LogP contribution is -2.07. The fourth-order valence-electron chi connectivity index (χ4n) is 3.09. The number of aromatic nitrogens is 2. The zero-order valence-corrected chi connectivity index (χ0v) is 13.4. The van der Waals surface area contributed by atoms with Crippen LogP contribution in [0.15, 0.2) is 28.7 Å². The van der Waals surface area contributed by atoms with E-state index in [0.717, 1.165) is 23.1 Å². The van der Waals surface area contributed by atoms with Crippen molar-refractivity contribution in [3.63, 3.8) is 0 Å². The van der Waals surface area contributed by atoms with E-state index in [2.05, 4.69) is 50.2 Å². The molecule has 1 aromatic heterocycles. The van der Waals surface area contributed by atoms with Crippen molar-refractivity contribution in [2.75, 3.05) is 0 Å². The summed E-state index contributed by atoms with van der Waals surface area (Å²) >= 11 is 9.01. The molecule has 0 atom stereocenters. The number of halogens is 1. The molecule has 102 valence electrons. The molecule has 1 fully saturated rings. The molecule has 4 rings (SSSR count). The Balaban J connectivity index is 1.72. The first-order valence-corrected chi connectivity index (χ1v) is 8.29. The van der Waals surface area contributed by atoms with Gasteiger partial charge in [-0.1, -0.05) is 36.5 Å². The Labute approximate surface area is 131 Å². The summed E-state index contributed by atoms with van der Waals surface area (Å²) < 4.78 is 1.70. The van der Waals surface area contributed by atoms with E-state index in [-0.39, 0.29) is 0 Å². The molecule has 2 aromatic rings. The van der Waals surface area contributed by atoms with Crippen LogP contribution in [0, 0.1) is 4.64 Å². The number of hydrogen-bond acceptors (Lipinski definition) is 2. The van der Waals surface area contributed by atoms with E-state index in [1.807, 2.05) is 0 Å². The second-order valence-corrected chi connectivity index (χ2v) is 6.98. The molecule has 1 N–H and O–H groups in total. The molecule has 0 amide bonds. The zero-order chi connectivity index (χ0) is 13.7. The number of aromatic amines is 1. The van der Waals surface area contributed by atoms with Gasteiger partial charge >= 0.3 is 0 Å². The van der Waals surface area contributed by atoms with Crippen molar-refractivity contribution in [1.82, 2.24) is 9.97 Å². The largest absolute Gasteiger partial charge is 0.346 e. The van der Waals surface area contributed by atoms with Gasteiger partial charge in [0, 0.05) is 17.5 Å². The minimum atomic E-state index is 0.444. The first-order chi connectivity index (χ1) is 9.72. The predicted octanol–water partition coefficient (Wildman–Crippen LogP) is 4.66. The molecule has 2 aliphatic carbocycles. The Morgan fingerprint density at radius 3 is 2.35 bits per heavy atom. The van der Waals surface area contributed by atoms with E-state index >= 15 is 0 Å². The molecule has 0 radical (unpaired) electrons. The van der Waals surface area contributed by atoms with Crippen molar-refractivity contribution >= 4 is 28.1 Å². The van der Waals surface area contributed by atoms with E-state index in [1.165, 1.54) is 29.7 Å². The topological polar surface area (TPSA) is 28.7 Å². The first kappa shape index (κ1) is 12.7. The lowest BCUT2D eigenvalue weighted by molar-refractivity contribution is 0.670. The van der Waals surface area contributed by atoms with E-state index in [1.54, 1.807) is 0 Å². The fourth-order valence-corrected chi connectivity index (χ4v) is 3.81. The molecule has 20 heavy (non-hydrogen) atoms. The van der Waals surface area contributed by atoms with Crippen molar-refractivity contribution in [3.05, 3.63) is 56.0 Å². The first-order valence-electron chi connectivity index (χ1n) is 7.09. The summed E-state index contributed by atoms with van der Waals surface area (Å²) in [6.07, 6.45) is 4.66. The standard InChI is InChI=1S/C16H15BrN2S/c17-13-14(9-5-6-9)18-15(19-16(13)20)12-7-10-3-1-2-4-11(10)8-12/h1-4,9,12H,5-8H2,(H,18,19,20). The average Bonchev–Trinajstić information content (AvgIpc) is 3.19. The van der Waals surface area contributed by atoms with Crippen molar-refractivity contribution in [2.45, 2.75) is 37.5 Å². The highest BCUT2D eigenvalue weighted by Crippen LogP contribution is 2.43. The van der Waals surface area contributed by atoms with Gasteiger partial charge in [0.15, 0.2) is 0 Å². The Morgan fingerprint density at radius 2 is 1.75 bits per heavy atom. The van der Waals surface area contributed by atoms with E-state index in [0.29, 0.717) is 16.5 Å². The summed E-state index contributed by atoms with van der Waals surface area (Å²) in [6, 6.07) is 8.69. The van der Waals surface area contributed by atoms with Gasteiger partial charge in [0.1, 0.15) is 10.5 Å². The van der Waals surface area contributed by atoms with Crippen LogP contribution < -0.4 is 0 Å². The third-order valence-electron chi connectivity index (χ3n) is 4.33. The smallest absolute Gasteiger partial charge is 0.144 e. The second kappa shape index (κ2) is 4.78. The van der Waals surface area contributed by atoms with Crippen LogP contribution in [0.3, 0.4) is 0 Å². The van der Waals surface area contributed by atoms with Crippen LogP contribution in [0.2, 0.25) is 0 Å². The van der Waals surface area contributed by atoms with Crippen molar-refractivity contribution in [2.24, 2.45) is 0 Å². The van der Waals surface area contributed by atoms with Crippen molar-refractivity contribution in [3.8, 4) is 0 Å². The van der Waals surface area contributed by atoms with Gasteiger partial charge in [0.2, 0.25) is 0 Å². The summed E-state index contributed by atoms with van der Waals surface area (Å²) in [6.45, 7) is 0. The van der Waals surface area contributed by atoms with E-state index < -0.39 is 0 Å². The monoisotopic (exact) mass is 346 g/mol. The van der Waals surface area contributed by atoms with Crippen LogP contribution >= 0.6 is 28.1 Å². The molecule has 0 unspecified atom stereocenters. The fraction of sp³-hybridized carbons (Fsp3) is 0.375.